The van der Waals surface area contributed by atoms with E-state index in [1.165, 1.54) is 12.8 Å². The maximum Gasteiger partial charge on any atom is 0.323 e. The van der Waals surface area contributed by atoms with Gasteiger partial charge >= 0.3 is 5.97 Å². The minimum atomic E-state index is -0.0904. The van der Waals surface area contributed by atoms with Crippen LogP contribution in [0.1, 0.15) is 26.7 Å². The van der Waals surface area contributed by atoms with Gasteiger partial charge in [-0.3, -0.25) is 9.69 Å². The monoisotopic (exact) mass is 226 g/mol. The third kappa shape index (κ3) is 2.38. The van der Waals surface area contributed by atoms with E-state index in [1.54, 1.807) is 0 Å². The van der Waals surface area contributed by atoms with Crippen molar-refractivity contribution in [1.82, 2.24) is 10.2 Å². The van der Waals surface area contributed by atoms with Crippen LogP contribution in [0.3, 0.4) is 0 Å². The van der Waals surface area contributed by atoms with Gasteiger partial charge in [0.2, 0.25) is 0 Å². The molecule has 0 spiro atoms. The van der Waals surface area contributed by atoms with Crippen LogP contribution in [-0.2, 0) is 9.53 Å². The normalized spacial score (nSPS) is 32.1. The fourth-order valence-corrected chi connectivity index (χ4v) is 2.81. The molecule has 2 aliphatic rings. The summed E-state index contributed by atoms with van der Waals surface area (Å²) >= 11 is 0. The zero-order valence-corrected chi connectivity index (χ0v) is 10.2. The number of likely N-dealkylation sites (tertiary alicyclic amines) is 1. The minimum absolute atomic E-state index is 0.0823. The molecule has 2 aliphatic heterocycles. The Hall–Kier alpha value is -0.610. The molecule has 2 fully saturated rings. The lowest BCUT2D eigenvalue weighted by molar-refractivity contribution is -0.148. The zero-order chi connectivity index (χ0) is 11.5. The number of nitrogens with one attached hydrogen (secondary N) is 1. The second kappa shape index (κ2) is 5.15. The van der Waals surface area contributed by atoms with Crippen LogP contribution >= 0.6 is 0 Å². The van der Waals surface area contributed by atoms with Crippen molar-refractivity contribution >= 4 is 5.97 Å². The summed E-state index contributed by atoms with van der Waals surface area (Å²) in [5.74, 6) is 0.645. The van der Waals surface area contributed by atoms with Crippen LogP contribution in [0.5, 0.6) is 0 Å². The number of nitrogens with zero attached hydrogens (tertiary/aromatic N) is 1. The second-order valence-corrected chi connectivity index (χ2v) is 4.84. The van der Waals surface area contributed by atoms with Crippen LogP contribution < -0.4 is 5.32 Å². The molecule has 2 saturated heterocycles. The van der Waals surface area contributed by atoms with Crippen molar-refractivity contribution in [3.63, 3.8) is 0 Å². The van der Waals surface area contributed by atoms with Crippen molar-refractivity contribution in [2.45, 2.75) is 38.8 Å². The predicted molar refractivity (Wildman–Crippen MR) is 62.2 cm³/mol. The summed E-state index contributed by atoms with van der Waals surface area (Å²) < 4.78 is 5.07. The number of piperidine rings is 1. The van der Waals surface area contributed by atoms with Gasteiger partial charge in [0.15, 0.2) is 0 Å². The molecule has 1 N–H and O–H groups in total. The Labute approximate surface area is 97.3 Å². The number of ether oxygens (including phenoxy) is 1. The molecule has 2 heterocycles. The lowest BCUT2D eigenvalue weighted by atomic mass is 9.94. The van der Waals surface area contributed by atoms with E-state index in [9.17, 15) is 4.79 Å². The Kier molecular flexibility index (Phi) is 3.82. The molecule has 92 valence electrons. The van der Waals surface area contributed by atoms with E-state index in [4.69, 9.17) is 4.74 Å². The van der Waals surface area contributed by atoms with Crippen molar-refractivity contribution in [3.8, 4) is 0 Å². The average molecular weight is 226 g/mol. The van der Waals surface area contributed by atoms with Gasteiger partial charge in [0.25, 0.3) is 0 Å². The number of hydrogen-bond donors (Lipinski definition) is 1. The number of hydrogen-bond acceptors (Lipinski definition) is 4. The van der Waals surface area contributed by atoms with E-state index < -0.39 is 0 Å². The molecular formula is C12H22N2O2. The summed E-state index contributed by atoms with van der Waals surface area (Å²) in [6, 6.07) is 0.498. The maximum atomic E-state index is 11.7. The highest BCUT2D eigenvalue weighted by Crippen LogP contribution is 2.26. The van der Waals surface area contributed by atoms with Gasteiger partial charge in [-0.05, 0) is 39.2 Å². The van der Waals surface area contributed by atoms with Crippen LogP contribution in [0.4, 0.5) is 0 Å². The first-order chi connectivity index (χ1) is 7.72. The lowest BCUT2D eigenvalue weighted by Gasteiger charge is -2.24. The summed E-state index contributed by atoms with van der Waals surface area (Å²) in [6.45, 7) is 7.44. The standard InChI is InChI=1S/C12H22N2O2/c1-3-16-12(15)9(2)14-7-10-5-4-6-13-11(10)8-14/h9-11,13H,3-8H2,1-2H3. The van der Waals surface area contributed by atoms with Gasteiger partial charge in [-0.1, -0.05) is 0 Å². The number of esters is 1. The van der Waals surface area contributed by atoms with E-state index in [2.05, 4.69) is 10.2 Å². The lowest BCUT2D eigenvalue weighted by Crippen LogP contribution is -2.42. The van der Waals surface area contributed by atoms with Gasteiger partial charge in [0.05, 0.1) is 6.61 Å². The van der Waals surface area contributed by atoms with Crippen LogP contribution in [-0.4, -0.2) is 49.2 Å². The maximum absolute atomic E-state index is 11.7. The first-order valence-corrected chi connectivity index (χ1v) is 6.36. The third-order valence-electron chi connectivity index (χ3n) is 3.80. The minimum Gasteiger partial charge on any atom is -0.465 e. The Morgan fingerprint density at radius 3 is 3.06 bits per heavy atom. The van der Waals surface area contributed by atoms with Crippen LogP contribution in [0.25, 0.3) is 0 Å². The fourth-order valence-electron chi connectivity index (χ4n) is 2.81. The van der Waals surface area contributed by atoms with E-state index in [0.717, 1.165) is 25.6 Å². The van der Waals surface area contributed by atoms with E-state index in [1.807, 2.05) is 13.8 Å². The number of carbonyl (C=O) groups excluding carboxylic acids is 1. The predicted octanol–water partition coefficient (Wildman–Crippen LogP) is 0.622. The average Bonchev–Trinajstić information content (AvgIpc) is 2.71. The Morgan fingerprint density at radius 1 is 1.56 bits per heavy atom. The first kappa shape index (κ1) is 11.9. The molecule has 0 aromatic rings. The highest BCUT2D eigenvalue weighted by Gasteiger charge is 2.38. The third-order valence-corrected chi connectivity index (χ3v) is 3.80. The molecule has 0 aliphatic carbocycles. The van der Waals surface area contributed by atoms with Crippen molar-refractivity contribution in [2.75, 3.05) is 26.2 Å². The molecule has 4 nitrogen and oxygen atoms in total. The largest absolute Gasteiger partial charge is 0.465 e. The summed E-state index contributed by atoms with van der Waals surface area (Å²) in [5, 5.41) is 3.54. The smallest absolute Gasteiger partial charge is 0.323 e. The Bertz CT molecular complexity index is 243. The first-order valence-electron chi connectivity index (χ1n) is 6.36. The van der Waals surface area contributed by atoms with Gasteiger partial charge in [-0.25, -0.2) is 0 Å². The molecule has 0 aromatic heterocycles. The van der Waals surface area contributed by atoms with Crippen LogP contribution in [0, 0.1) is 5.92 Å². The fraction of sp³-hybridized carbons (Fsp3) is 0.917. The van der Waals surface area contributed by atoms with E-state index in [-0.39, 0.29) is 12.0 Å². The molecule has 3 atom stereocenters. The van der Waals surface area contributed by atoms with Gasteiger partial charge in [0, 0.05) is 19.1 Å². The molecule has 0 radical (unpaired) electrons. The summed E-state index contributed by atoms with van der Waals surface area (Å²) in [4.78, 5) is 13.9. The van der Waals surface area contributed by atoms with Gasteiger partial charge in [0.1, 0.15) is 6.04 Å². The molecule has 4 heteroatoms. The van der Waals surface area contributed by atoms with Crippen molar-refractivity contribution in [1.29, 1.82) is 0 Å². The highest BCUT2D eigenvalue weighted by atomic mass is 16.5. The molecule has 16 heavy (non-hydrogen) atoms. The topological polar surface area (TPSA) is 41.6 Å². The molecule has 3 unspecified atom stereocenters. The van der Waals surface area contributed by atoms with Crippen LogP contribution in [0.15, 0.2) is 0 Å². The second-order valence-electron chi connectivity index (χ2n) is 4.84. The summed E-state index contributed by atoms with van der Waals surface area (Å²) in [7, 11) is 0. The zero-order valence-electron chi connectivity index (χ0n) is 10.2. The molecule has 0 saturated carbocycles. The number of rotatable bonds is 3. The molecule has 0 aromatic carbocycles. The van der Waals surface area contributed by atoms with Crippen molar-refractivity contribution in [3.05, 3.63) is 0 Å². The summed E-state index contributed by atoms with van der Waals surface area (Å²) in [6.07, 6.45) is 2.56. The highest BCUT2D eigenvalue weighted by molar-refractivity contribution is 5.75. The molecule has 0 bridgehead atoms. The van der Waals surface area contributed by atoms with Gasteiger partial charge in [-0.2, -0.15) is 0 Å². The van der Waals surface area contributed by atoms with E-state index in [0.29, 0.717) is 12.6 Å². The van der Waals surface area contributed by atoms with Gasteiger partial charge in [-0.15, -0.1) is 0 Å². The quantitative estimate of drug-likeness (QED) is 0.716. The van der Waals surface area contributed by atoms with Crippen LogP contribution in [0.2, 0.25) is 0 Å². The van der Waals surface area contributed by atoms with Crippen molar-refractivity contribution < 1.29 is 9.53 Å². The van der Waals surface area contributed by atoms with Crippen molar-refractivity contribution in [2.24, 2.45) is 5.92 Å². The molecular weight excluding hydrogens is 204 g/mol. The molecule has 2 rings (SSSR count). The Balaban J connectivity index is 1.89. The number of carbonyl (C=O) groups is 1. The summed E-state index contributed by atoms with van der Waals surface area (Å²) in [5.41, 5.74) is 0. The SMILES string of the molecule is CCOC(=O)C(C)N1CC2CCCNC2C1. The number of fused-ring (bicyclic) bond motifs is 1. The molecule has 0 amide bonds. The van der Waals surface area contributed by atoms with E-state index >= 15 is 0 Å². The van der Waals surface area contributed by atoms with Gasteiger partial charge < -0.3 is 10.1 Å². The Morgan fingerprint density at radius 2 is 2.38 bits per heavy atom.